The highest BCUT2D eigenvalue weighted by atomic mass is 32.2. The van der Waals surface area contributed by atoms with Crippen LogP contribution in [0.2, 0.25) is 0 Å². The quantitative estimate of drug-likeness (QED) is 0.432. The van der Waals surface area contributed by atoms with Crippen molar-refractivity contribution in [2.75, 3.05) is 11.9 Å². The van der Waals surface area contributed by atoms with Gasteiger partial charge < -0.3 is 5.32 Å². The van der Waals surface area contributed by atoms with Gasteiger partial charge in [0.15, 0.2) is 0 Å². The van der Waals surface area contributed by atoms with Crippen LogP contribution in [0.1, 0.15) is 13.8 Å². The molecule has 0 aliphatic heterocycles. The minimum absolute atomic E-state index is 0.242. The molecule has 2 aromatic rings. The molecule has 3 N–H and O–H groups in total. The summed E-state index contributed by atoms with van der Waals surface area (Å²) in [5.41, 5.74) is -0.0776. The number of nitrogens with zero attached hydrogens (tertiary/aromatic N) is 1. The number of nitro benzene ring substituents is 1. The van der Waals surface area contributed by atoms with Crippen LogP contribution in [0, 0.1) is 10.1 Å². The number of thioether (sulfide) groups is 1. The number of rotatable bonds is 7. The predicted octanol–water partition coefficient (Wildman–Crippen LogP) is 3.23. The van der Waals surface area contributed by atoms with Gasteiger partial charge in [0.05, 0.1) is 9.82 Å². The van der Waals surface area contributed by atoms with Crippen molar-refractivity contribution < 1.29 is 13.3 Å². The first-order valence-corrected chi connectivity index (χ1v) is 9.74. The Balaban J connectivity index is 2.18. The van der Waals surface area contributed by atoms with Crippen LogP contribution >= 0.6 is 11.8 Å². The average Bonchev–Trinajstić information content (AvgIpc) is 2.52. The van der Waals surface area contributed by atoms with Gasteiger partial charge in [0, 0.05) is 22.3 Å². The number of hydrogen-bond donors (Lipinski definition) is 2. The van der Waals surface area contributed by atoms with Gasteiger partial charge in [0.1, 0.15) is 5.69 Å². The van der Waals surface area contributed by atoms with E-state index in [0.717, 1.165) is 11.0 Å². The molecule has 2 aromatic carbocycles. The zero-order chi connectivity index (χ0) is 18.7. The summed E-state index contributed by atoms with van der Waals surface area (Å²) >= 11 is 1.64. The molecule has 25 heavy (non-hydrogen) atoms. The Morgan fingerprint density at radius 1 is 1.20 bits per heavy atom. The zero-order valence-corrected chi connectivity index (χ0v) is 15.4. The Bertz CT molecular complexity index is 868. The first kappa shape index (κ1) is 19.2. The largest absolute Gasteiger partial charge is 0.378 e. The van der Waals surface area contributed by atoms with E-state index in [4.69, 9.17) is 5.14 Å². The summed E-state index contributed by atoms with van der Waals surface area (Å²) in [6.07, 6.45) is 0. The maximum atomic E-state index is 11.4. The van der Waals surface area contributed by atoms with E-state index in [9.17, 15) is 18.5 Å². The van der Waals surface area contributed by atoms with Crippen LogP contribution < -0.4 is 10.5 Å². The Hall–Kier alpha value is -2.10. The second-order valence-corrected chi connectivity index (χ2v) is 9.35. The molecule has 0 saturated carbocycles. The molecule has 0 aromatic heterocycles. The van der Waals surface area contributed by atoms with Gasteiger partial charge in [-0.2, -0.15) is 0 Å². The van der Waals surface area contributed by atoms with Gasteiger partial charge in [-0.3, -0.25) is 10.1 Å². The molecule has 7 nitrogen and oxygen atoms in total. The van der Waals surface area contributed by atoms with Crippen molar-refractivity contribution in [3.05, 3.63) is 58.6 Å². The number of primary sulfonamides is 1. The molecule has 0 saturated heterocycles. The second-order valence-electron chi connectivity index (χ2n) is 6.01. The fraction of sp³-hybridized carbons (Fsp3) is 0.250. The lowest BCUT2D eigenvalue weighted by Crippen LogP contribution is -2.26. The Morgan fingerprint density at radius 2 is 1.84 bits per heavy atom. The lowest BCUT2D eigenvalue weighted by Gasteiger charge is -2.25. The van der Waals surface area contributed by atoms with Gasteiger partial charge in [-0.05, 0) is 38.1 Å². The van der Waals surface area contributed by atoms with E-state index in [1.54, 1.807) is 11.8 Å². The van der Waals surface area contributed by atoms with Crippen molar-refractivity contribution in [2.45, 2.75) is 28.4 Å². The monoisotopic (exact) mass is 381 g/mol. The second kappa shape index (κ2) is 7.42. The maximum absolute atomic E-state index is 11.4. The molecule has 0 aliphatic rings. The van der Waals surface area contributed by atoms with Crippen molar-refractivity contribution in [1.82, 2.24) is 0 Å². The normalized spacial score (nSPS) is 12.0. The summed E-state index contributed by atoms with van der Waals surface area (Å²) in [7, 11) is -4.00. The Labute approximate surface area is 150 Å². The van der Waals surface area contributed by atoms with Gasteiger partial charge in [-0.1, -0.05) is 18.2 Å². The summed E-state index contributed by atoms with van der Waals surface area (Å²) < 4.78 is 22.5. The molecule has 0 bridgehead atoms. The molecule has 0 aliphatic carbocycles. The Morgan fingerprint density at radius 3 is 2.40 bits per heavy atom. The molecular formula is C16H19N3O4S2. The topological polar surface area (TPSA) is 115 Å². The van der Waals surface area contributed by atoms with E-state index in [0.29, 0.717) is 6.54 Å². The van der Waals surface area contributed by atoms with Crippen molar-refractivity contribution >= 4 is 33.2 Å². The van der Waals surface area contributed by atoms with E-state index in [1.165, 1.54) is 12.1 Å². The molecule has 0 fully saturated rings. The minimum atomic E-state index is -4.00. The van der Waals surface area contributed by atoms with Crippen molar-refractivity contribution in [1.29, 1.82) is 0 Å². The summed E-state index contributed by atoms with van der Waals surface area (Å²) in [5, 5.41) is 19.3. The molecule has 0 spiro atoms. The molecule has 9 heteroatoms. The number of anilines is 1. The number of sulfonamides is 1. The van der Waals surface area contributed by atoms with Gasteiger partial charge in [0.2, 0.25) is 10.0 Å². The molecule has 2 rings (SSSR count). The number of hydrogen-bond acceptors (Lipinski definition) is 6. The van der Waals surface area contributed by atoms with Crippen molar-refractivity contribution in [3.63, 3.8) is 0 Å². The van der Waals surface area contributed by atoms with E-state index in [-0.39, 0.29) is 21.0 Å². The third-order valence-corrected chi connectivity index (χ3v) is 5.45. The molecule has 0 radical (unpaired) electrons. The molecule has 0 heterocycles. The highest BCUT2D eigenvalue weighted by Gasteiger charge is 2.23. The van der Waals surface area contributed by atoms with Crippen LogP contribution in [-0.2, 0) is 10.0 Å². The highest BCUT2D eigenvalue weighted by molar-refractivity contribution is 8.00. The number of benzene rings is 2. The predicted molar refractivity (Wildman–Crippen MR) is 99.3 cm³/mol. The van der Waals surface area contributed by atoms with Gasteiger partial charge in [-0.25, -0.2) is 13.6 Å². The average molecular weight is 381 g/mol. The smallest absolute Gasteiger partial charge is 0.293 e. The fourth-order valence-corrected chi connectivity index (χ4v) is 3.75. The van der Waals surface area contributed by atoms with Crippen LogP contribution in [0.3, 0.4) is 0 Å². The summed E-state index contributed by atoms with van der Waals surface area (Å²) in [6, 6.07) is 13.4. The van der Waals surface area contributed by atoms with Crippen LogP contribution in [0.4, 0.5) is 11.4 Å². The highest BCUT2D eigenvalue weighted by Crippen LogP contribution is 2.34. The summed E-state index contributed by atoms with van der Waals surface area (Å²) in [6.45, 7) is 4.48. The first-order valence-electron chi connectivity index (χ1n) is 7.38. The van der Waals surface area contributed by atoms with Gasteiger partial charge in [0.25, 0.3) is 5.69 Å². The third kappa shape index (κ3) is 5.45. The van der Waals surface area contributed by atoms with Crippen LogP contribution in [0.15, 0.2) is 58.3 Å². The van der Waals surface area contributed by atoms with E-state index < -0.39 is 14.9 Å². The fourth-order valence-electron chi connectivity index (χ4n) is 2.14. The standard InChI is InChI=1S/C16H19N3O4S2/c1-16(2,24-12-6-4-3-5-7-12)11-18-14-9-8-13(25(17,22)23)10-15(14)19(20)21/h3-10,18H,11H2,1-2H3,(H2,17,22,23). The van der Waals surface area contributed by atoms with Crippen LogP contribution in [0.25, 0.3) is 0 Å². The van der Waals surface area contributed by atoms with E-state index >= 15 is 0 Å². The molecular weight excluding hydrogens is 362 g/mol. The molecule has 0 atom stereocenters. The number of nitro groups is 1. The third-order valence-electron chi connectivity index (χ3n) is 3.34. The van der Waals surface area contributed by atoms with E-state index in [2.05, 4.69) is 5.32 Å². The molecule has 0 amide bonds. The first-order chi connectivity index (χ1) is 11.6. The SMILES string of the molecule is CC(C)(CNc1ccc(S(N)(=O)=O)cc1[N+](=O)[O-])Sc1ccccc1. The van der Waals surface area contributed by atoms with Crippen molar-refractivity contribution in [2.24, 2.45) is 5.14 Å². The van der Waals surface area contributed by atoms with Crippen LogP contribution in [-0.4, -0.2) is 24.6 Å². The number of nitrogens with two attached hydrogens (primary N) is 1. The van der Waals surface area contributed by atoms with E-state index in [1.807, 2.05) is 44.2 Å². The lowest BCUT2D eigenvalue weighted by atomic mass is 10.2. The Kier molecular flexibility index (Phi) is 5.71. The van der Waals surface area contributed by atoms with Crippen molar-refractivity contribution in [3.8, 4) is 0 Å². The summed E-state index contributed by atoms with van der Waals surface area (Å²) in [5.74, 6) is 0. The van der Waals surface area contributed by atoms with Crippen LogP contribution in [0.5, 0.6) is 0 Å². The van der Waals surface area contributed by atoms with Gasteiger partial charge >= 0.3 is 0 Å². The molecule has 134 valence electrons. The lowest BCUT2D eigenvalue weighted by molar-refractivity contribution is -0.384. The maximum Gasteiger partial charge on any atom is 0.293 e. The molecule has 0 unspecified atom stereocenters. The summed E-state index contributed by atoms with van der Waals surface area (Å²) in [4.78, 5) is 11.4. The minimum Gasteiger partial charge on any atom is -0.378 e. The zero-order valence-electron chi connectivity index (χ0n) is 13.8. The van der Waals surface area contributed by atoms with Gasteiger partial charge in [-0.15, -0.1) is 11.8 Å². The number of nitrogens with one attached hydrogen (secondary N) is 1.